The number of urea groups is 1. The highest BCUT2D eigenvalue weighted by Gasteiger charge is 2.41. The molecule has 21 heavy (non-hydrogen) atoms. The lowest BCUT2D eigenvalue weighted by atomic mass is 9.86. The topological polar surface area (TPSA) is 87.5 Å². The van der Waals surface area contributed by atoms with Crippen molar-refractivity contribution in [3.63, 3.8) is 0 Å². The van der Waals surface area contributed by atoms with Gasteiger partial charge in [-0.3, -0.25) is 4.79 Å². The SMILES string of the molecule is CN(Cc1nccn1C)C(=O)NCC1(C(=O)O)CCCC1. The quantitative estimate of drug-likeness (QED) is 0.854. The molecule has 1 aliphatic rings. The summed E-state index contributed by atoms with van der Waals surface area (Å²) in [6.07, 6.45) is 6.58. The summed E-state index contributed by atoms with van der Waals surface area (Å²) in [5.74, 6) is -0.0338. The van der Waals surface area contributed by atoms with Crippen LogP contribution in [-0.2, 0) is 18.4 Å². The number of hydrogen-bond acceptors (Lipinski definition) is 3. The number of nitrogens with one attached hydrogen (secondary N) is 1. The highest BCUT2D eigenvalue weighted by atomic mass is 16.4. The molecule has 0 bridgehead atoms. The fourth-order valence-electron chi connectivity index (χ4n) is 2.73. The molecule has 0 aromatic carbocycles. The first-order chi connectivity index (χ1) is 9.94. The summed E-state index contributed by atoms with van der Waals surface area (Å²) in [6.45, 7) is 0.571. The van der Waals surface area contributed by atoms with Gasteiger partial charge in [-0.1, -0.05) is 12.8 Å². The molecule has 0 atom stereocenters. The van der Waals surface area contributed by atoms with E-state index in [0.717, 1.165) is 18.7 Å². The van der Waals surface area contributed by atoms with Gasteiger partial charge in [0.05, 0.1) is 12.0 Å². The second-order valence-corrected chi connectivity index (χ2v) is 5.76. The van der Waals surface area contributed by atoms with E-state index in [9.17, 15) is 14.7 Å². The molecule has 116 valence electrons. The fraction of sp³-hybridized carbons (Fsp3) is 0.643. The maximum atomic E-state index is 12.1. The number of rotatable bonds is 5. The zero-order chi connectivity index (χ0) is 15.5. The highest BCUT2D eigenvalue weighted by molar-refractivity contribution is 5.78. The molecule has 1 heterocycles. The third-order valence-corrected chi connectivity index (χ3v) is 4.24. The number of carbonyl (C=O) groups is 2. The first-order valence-corrected chi connectivity index (χ1v) is 7.13. The van der Waals surface area contributed by atoms with E-state index in [1.807, 2.05) is 17.8 Å². The molecule has 2 rings (SSSR count). The van der Waals surface area contributed by atoms with Gasteiger partial charge in [0.25, 0.3) is 0 Å². The minimum Gasteiger partial charge on any atom is -0.481 e. The smallest absolute Gasteiger partial charge is 0.317 e. The summed E-state index contributed by atoms with van der Waals surface area (Å²) < 4.78 is 1.85. The van der Waals surface area contributed by atoms with Crippen LogP contribution in [0.5, 0.6) is 0 Å². The van der Waals surface area contributed by atoms with Crippen LogP contribution in [0.4, 0.5) is 4.79 Å². The van der Waals surface area contributed by atoms with E-state index in [2.05, 4.69) is 10.3 Å². The molecule has 1 aliphatic carbocycles. The van der Waals surface area contributed by atoms with E-state index in [0.29, 0.717) is 19.4 Å². The van der Waals surface area contributed by atoms with Crippen molar-refractivity contribution in [1.82, 2.24) is 19.8 Å². The van der Waals surface area contributed by atoms with Gasteiger partial charge in [-0.25, -0.2) is 9.78 Å². The Balaban J connectivity index is 1.89. The maximum Gasteiger partial charge on any atom is 0.317 e. The van der Waals surface area contributed by atoms with Crippen LogP contribution in [-0.4, -0.2) is 45.2 Å². The van der Waals surface area contributed by atoms with Crippen LogP contribution in [0.3, 0.4) is 0 Å². The van der Waals surface area contributed by atoms with Gasteiger partial charge < -0.3 is 19.9 Å². The molecule has 1 aromatic heterocycles. The van der Waals surface area contributed by atoms with Crippen molar-refractivity contribution >= 4 is 12.0 Å². The summed E-state index contributed by atoms with van der Waals surface area (Å²) >= 11 is 0. The predicted octanol–water partition coefficient (Wildman–Crippen LogP) is 1.21. The van der Waals surface area contributed by atoms with Crippen molar-refractivity contribution in [2.45, 2.75) is 32.2 Å². The molecule has 1 fully saturated rings. The lowest BCUT2D eigenvalue weighted by molar-refractivity contribution is -0.148. The predicted molar refractivity (Wildman–Crippen MR) is 76.6 cm³/mol. The third kappa shape index (κ3) is 3.34. The van der Waals surface area contributed by atoms with Crippen LogP contribution in [0.2, 0.25) is 0 Å². The first kappa shape index (κ1) is 15.3. The number of aliphatic carboxylic acids is 1. The van der Waals surface area contributed by atoms with Gasteiger partial charge in [0.1, 0.15) is 5.82 Å². The molecular formula is C14H22N4O3. The molecule has 0 spiro atoms. The van der Waals surface area contributed by atoms with E-state index in [1.165, 1.54) is 4.90 Å². The summed E-state index contributed by atoms with van der Waals surface area (Å²) in [4.78, 5) is 29.2. The monoisotopic (exact) mass is 294 g/mol. The Morgan fingerprint density at radius 1 is 1.48 bits per heavy atom. The van der Waals surface area contributed by atoms with Crippen LogP contribution in [0.15, 0.2) is 12.4 Å². The van der Waals surface area contributed by atoms with Gasteiger partial charge in [0, 0.05) is 33.0 Å². The van der Waals surface area contributed by atoms with Crippen LogP contribution in [0.25, 0.3) is 0 Å². The molecule has 2 amide bonds. The molecule has 0 radical (unpaired) electrons. The van der Waals surface area contributed by atoms with Crippen molar-refractivity contribution < 1.29 is 14.7 Å². The van der Waals surface area contributed by atoms with Crippen molar-refractivity contribution in [3.05, 3.63) is 18.2 Å². The molecule has 1 saturated carbocycles. The lowest BCUT2D eigenvalue weighted by Crippen LogP contribution is -2.45. The van der Waals surface area contributed by atoms with Gasteiger partial charge in [0.15, 0.2) is 0 Å². The Morgan fingerprint density at radius 2 is 2.14 bits per heavy atom. The van der Waals surface area contributed by atoms with Gasteiger partial charge in [-0.05, 0) is 12.8 Å². The molecular weight excluding hydrogens is 272 g/mol. The van der Waals surface area contributed by atoms with Gasteiger partial charge >= 0.3 is 12.0 Å². The number of carboxylic acids is 1. The second kappa shape index (κ2) is 6.15. The number of aromatic nitrogens is 2. The molecule has 0 unspecified atom stereocenters. The zero-order valence-electron chi connectivity index (χ0n) is 12.5. The summed E-state index contributed by atoms with van der Waals surface area (Å²) in [5, 5.41) is 12.1. The summed E-state index contributed by atoms with van der Waals surface area (Å²) in [5.41, 5.74) is -0.792. The minimum atomic E-state index is -0.813. The number of nitrogens with zero attached hydrogens (tertiary/aromatic N) is 3. The van der Waals surface area contributed by atoms with Crippen LogP contribution in [0, 0.1) is 5.41 Å². The molecule has 7 nitrogen and oxygen atoms in total. The molecule has 0 saturated heterocycles. The van der Waals surface area contributed by atoms with E-state index >= 15 is 0 Å². The van der Waals surface area contributed by atoms with Crippen LogP contribution < -0.4 is 5.32 Å². The van der Waals surface area contributed by atoms with Gasteiger partial charge in [-0.15, -0.1) is 0 Å². The normalized spacial score (nSPS) is 16.7. The van der Waals surface area contributed by atoms with E-state index in [1.54, 1.807) is 13.2 Å². The van der Waals surface area contributed by atoms with Crippen molar-refractivity contribution in [2.24, 2.45) is 12.5 Å². The Morgan fingerprint density at radius 3 is 2.67 bits per heavy atom. The average Bonchev–Trinajstić information content (AvgIpc) is 3.07. The zero-order valence-corrected chi connectivity index (χ0v) is 12.5. The number of hydrogen-bond donors (Lipinski definition) is 2. The lowest BCUT2D eigenvalue weighted by Gasteiger charge is -2.26. The Bertz CT molecular complexity index is 520. The van der Waals surface area contributed by atoms with Gasteiger partial charge in [0.2, 0.25) is 0 Å². The number of carbonyl (C=O) groups excluding carboxylic acids is 1. The van der Waals surface area contributed by atoms with E-state index < -0.39 is 11.4 Å². The Hall–Kier alpha value is -2.05. The maximum absolute atomic E-state index is 12.1. The van der Waals surface area contributed by atoms with Gasteiger partial charge in [-0.2, -0.15) is 0 Å². The summed E-state index contributed by atoms with van der Waals surface area (Å²) in [6, 6.07) is -0.273. The van der Waals surface area contributed by atoms with Crippen LogP contribution in [0.1, 0.15) is 31.5 Å². The Kier molecular flexibility index (Phi) is 4.50. The second-order valence-electron chi connectivity index (χ2n) is 5.76. The summed E-state index contributed by atoms with van der Waals surface area (Å²) in [7, 11) is 3.54. The standard InChI is InChI=1S/C14H22N4O3/c1-17-8-7-15-11(17)9-18(2)13(21)16-10-14(12(19)20)5-3-4-6-14/h7-8H,3-6,9-10H2,1-2H3,(H,16,21)(H,19,20). The molecule has 0 aliphatic heterocycles. The molecule has 1 aromatic rings. The molecule has 7 heteroatoms. The average molecular weight is 294 g/mol. The number of aryl methyl sites for hydroxylation is 1. The largest absolute Gasteiger partial charge is 0.481 e. The fourth-order valence-corrected chi connectivity index (χ4v) is 2.73. The Labute approximate surface area is 124 Å². The van der Waals surface area contributed by atoms with Crippen molar-refractivity contribution in [2.75, 3.05) is 13.6 Å². The van der Waals surface area contributed by atoms with Crippen molar-refractivity contribution in [3.8, 4) is 0 Å². The van der Waals surface area contributed by atoms with Crippen LogP contribution >= 0.6 is 0 Å². The minimum absolute atomic E-state index is 0.187. The molecule has 2 N–H and O–H groups in total. The van der Waals surface area contributed by atoms with E-state index in [4.69, 9.17) is 0 Å². The first-order valence-electron chi connectivity index (χ1n) is 7.13. The van der Waals surface area contributed by atoms with Crippen molar-refractivity contribution in [1.29, 1.82) is 0 Å². The van der Waals surface area contributed by atoms with E-state index in [-0.39, 0.29) is 12.6 Å². The highest BCUT2D eigenvalue weighted by Crippen LogP contribution is 2.37. The third-order valence-electron chi connectivity index (χ3n) is 4.24. The number of carboxylic acid groups (broad SMARTS) is 1. The number of amides is 2. The number of imidazole rings is 1.